The zero-order valence-electron chi connectivity index (χ0n) is 15.0. The van der Waals surface area contributed by atoms with E-state index in [1.54, 1.807) is 18.6 Å². The van der Waals surface area contributed by atoms with Crippen LogP contribution in [0.3, 0.4) is 0 Å². The Bertz CT molecular complexity index is 1280. The van der Waals surface area contributed by atoms with Crippen LogP contribution >= 0.6 is 0 Å². The summed E-state index contributed by atoms with van der Waals surface area (Å²) in [7, 11) is 0. The first-order chi connectivity index (χ1) is 14.2. The molecule has 0 aliphatic heterocycles. The van der Waals surface area contributed by atoms with Gasteiger partial charge in [0.1, 0.15) is 22.9 Å². The van der Waals surface area contributed by atoms with E-state index in [1.165, 1.54) is 12.3 Å². The number of aromatic amines is 1. The van der Waals surface area contributed by atoms with Crippen LogP contribution in [0.5, 0.6) is 0 Å². The number of nitrogens with zero attached hydrogens (tertiary/aromatic N) is 5. The minimum absolute atomic E-state index is 0.546. The highest BCUT2D eigenvalue weighted by atomic mass is 19.1. The summed E-state index contributed by atoms with van der Waals surface area (Å²) in [6.07, 6.45) is 6.46. The summed E-state index contributed by atoms with van der Waals surface area (Å²) >= 11 is 0. The fraction of sp³-hybridized carbons (Fsp3) is 0. The zero-order chi connectivity index (χ0) is 19.6. The van der Waals surface area contributed by atoms with Crippen LogP contribution in [0.1, 0.15) is 0 Å². The van der Waals surface area contributed by atoms with Gasteiger partial charge in [0.2, 0.25) is 5.95 Å². The highest BCUT2D eigenvalue weighted by molar-refractivity contribution is 5.79. The molecule has 8 heteroatoms. The number of fused-ring (bicyclic) bond motifs is 1. The lowest BCUT2D eigenvalue weighted by atomic mass is 10.2. The third kappa shape index (κ3) is 3.51. The Kier molecular flexibility index (Phi) is 4.14. The molecule has 5 rings (SSSR count). The van der Waals surface area contributed by atoms with Crippen molar-refractivity contribution in [3.63, 3.8) is 0 Å². The van der Waals surface area contributed by atoms with Crippen molar-refractivity contribution in [2.24, 2.45) is 0 Å². The minimum Gasteiger partial charge on any atom is -0.339 e. The van der Waals surface area contributed by atoms with Gasteiger partial charge in [-0.3, -0.25) is 4.98 Å². The number of imidazole rings is 1. The number of nitrogens with one attached hydrogen (secondary N) is 2. The van der Waals surface area contributed by atoms with Crippen LogP contribution in [0.2, 0.25) is 0 Å². The van der Waals surface area contributed by atoms with E-state index in [0.717, 1.165) is 16.9 Å². The molecule has 0 saturated carbocycles. The van der Waals surface area contributed by atoms with Crippen LogP contribution in [-0.4, -0.2) is 29.9 Å². The maximum atomic E-state index is 13.3. The van der Waals surface area contributed by atoms with Crippen molar-refractivity contribution in [3.05, 3.63) is 79.3 Å². The average molecular weight is 383 g/mol. The second kappa shape index (κ2) is 7.08. The topological polar surface area (TPSA) is 92.3 Å². The Morgan fingerprint density at radius 1 is 0.828 bits per heavy atom. The van der Waals surface area contributed by atoms with E-state index in [-0.39, 0.29) is 0 Å². The molecule has 1 aromatic carbocycles. The van der Waals surface area contributed by atoms with Gasteiger partial charge in [0.05, 0.1) is 29.8 Å². The predicted molar refractivity (Wildman–Crippen MR) is 108 cm³/mol. The molecule has 0 aliphatic rings. The van der Waals surface area contributed by atoms with Gasteiger partial charge in [-0.2, -0.15) is 4.39 Å². The number of rotatable bonds is 4. The summed E-state index contributed by atoms with van der Waals surface area (Å²) in [6, 6.07) is 14.6. The van der Waals surface area contributed by atoms with E-state index < -0.39 is 5.95 Å². The van der Waals surface area contributed by atoms with Crippen LogP contribution < -0.4 is 5.32 Å². The average Bonchev–Trinajstić information content (AvgIpc) is 3.18. The molecule has 7 nitrogen and oxygen atoms in total. The Morgan fingerprint density at radius 2 is 1.79 bits per heavy atom. The summed E-state index contributed by atoms with van der Waals surface area (Å²) in [5, 5.41) is 3.23. The van der Waals surface area contributed by atoms with Crippen molar-refractivity contribution in [2.45, 2.75) is 0 Å². The third-order valence-electron chi connectivity index (χ3n) is 4.32. The minimum atomic E-state index is -0.546. The van der Waals surface area contributed by atoms with Gasteiger partial charge in [0.25, 0.3) is 0 Å². The number of pyridine rings is 2. The lowest BCUT2D eigenvalue weighted by Gasteiger charge is -2.07. The predicted octanol–water partition coefficient (Wildman–Crippen LogP) is 4.36. The van der Waals surface area contributed by atoms with E-state index in [2.05, 4.69) is 35.2 Å². The Balaban J connectivity index is 1.39. The molecule has 4 aromatic heterocycles. The maximum Gasteiger partial charge on any atom is 0.215 e. The quantitative estimate of drug-likeness (QED) is 0.448. The van der Waals surface area contributed by atoms with Gasteiger partial charge in [0, 0.05) is 23.5 Å². The molecule has 2 N–H and O–H groups in total. The van der Waals surface area contributed by atoms with E-state index in [0.29, 0.717) is 28.4 Å². The number of halogens is 1. The molecule has 4 heterocycles. The fourth-order valence-electron chi connectivity index (χ4n) is 2.96. The largest absolute Gasteiger partial charge is 0.339 e. The Morgan fingerprint density at radius 3 is 2.62 bits per heavy atom. The van der Waals surface area contributed by atoms with Crippen molar-refractivity contribution >= 4 is 22.5 Å². The van der Waals surface area contributed by atoms with Gasteiger partial charge in [-0.05, 0) is 24.3 Å². The summed E-state index contributed by atoms with van der Waals surface area (Å²) in [5.41, 5.74) is 4.35. The van der Waals surface area contributed by atoms with Crippen molar-refractivity contribution in [1.29, 1.82) is 0 Å². The molecule has 0 saturated heterocycles. The maximum absolute atomic E-state index is 13.3. The Hall–Kier alpha value is -4.20. The lowest BCUT2D eigenvalue weighted by molar-refractivity contribution is 0.586. The smallest absolute Gasteiger partial charge is 0.215 e. The van der Waals surface area contributed by atoms with Crippen LogP contribution in [-0.2, 0) is 0 Å². The summed E-state index contributed by atoms with van der Waals surface area (Å²) in [6.45, 7) is 0. The van der Waals surface area contributed by atoms with Gasteiger partial charge in [-0.15, -0.1) is 0 Å². The lowest BCUT2D eigenvalue weighted by Crippen LogP contribution is -1.96. The molecular formula is C21H14FN7. The number of hydrogen-bond donors (Lipinski definition) is 2. The number of H-pyrrole nitrogens is 1. The molecule has 0 bridgehead atoms. The fourth-order valence-corrected chi connectivity index (χ4v) is 2.96. The number of anilines is 2. The molecule has 0 spiro atoms. The van der Waals surface area contributed by atoms with Crippen molar-refractivity contribution in [3.8, 4) is 22.8 Å². The Labute approximate surface area is 164 Å². The van der Waals surface area contributed by atoms with E-state index in [1.807, 2.05) is 42.5 Å². The molecule has 140 valence electrons. The van der Waals surface area contributed by atoms with E-state index in [9.17, 15) is 4.39 Å². The molecule has 0 unspecified atom stereocenters. The first kappa shape index (κ1) is 16.9. The normalized spacial score (nSPS) is 10.9. The van der Waals surface area contributed by atoms with Crippen LogP contribution in [0.25, 0.3) is 33.8 Å². The standard InChI is InChI=1S/C21H14FN7/c22-19-9-16-18(11-25-19)29-21(28-16)13-4-3-5-14(8-13)27-20-12-24-17(10-26-20)15-6-1-2-7-23-15/h1-12H,(H,26,27)(H,28,29). The molecular weight excluding hydrogens is 369 g/mol. The van der Waals surface area contributed by atoms with Crippen molar-refractivity contribution in [1.82, 2.24) is 29.9 Å². The van der Waals surface area contributed by atoms with Gasteiger partial charge < -0.3 is 10.3 Å². The third-order valence-corrected chi connectivity index (χ3v) is 4.32. The highest BCUT2D eigenvalue weighted by Crippen LogP contribution is 2.24. The van der Waals surface area contributed by atoms with Gasteiger partial charge in [0.15, 0.2) is 0 Å². The van der Waals surface area contributed by atoms with Gasteiger partial charge in [-0.1, -0.05) is 18.2 Å². The molecule has 0 fully saturated rings. The van der Waals surface area contributed by atoms with Crippen LogP contribution in [0.4, 0.5) is 15.9 Å². The molecule has 5 aromatic rings. The van der Waals surface area contributed by atoms with Crippen molar-refractivity contribution < 1.29 is 4.39 Å². The molecule has 0 amide bonds. The number of aromatic nitrogens is 6. The van der Waals surface area contributed by atoms with Gasteiger partial charge >= 0.3 is 0 Å². The zero-order valence-corrected chi connectivity index (χ0v) is 15.0. The summed E-state index contributed by atoms with van der Waals surface area (Å²) in [4.78, 5) is 24.3. The highest BCUT2D eigenvalue weighted by Gasteiger charge is 2.08. The SMILES string of the molecule is Fc1cc2[nH]c(-c3cccc(Nc4cnc(-c5ccccn5)cn4)c3)nc2cn1. The monoisotopic (exact) mass is 383 g/mol. The van der Waals surface area contributed by atoms with Crippen molar-refractivity contribution in [2.75, 3.05) is 5.32 Å². The molecule has 29 heavy (non-hydrogen) atoms. The van der Waals surface area contributed by atoms with Crippen LogP contribution in [0.15, 0.2) is 73.3 Å². The molecule has 0 radical (unpaired) electrons. The molecule has 0 aliphatic carbocycles. The first-order valence-corrected chi connectivity index (χ1v) is 8.87. The van der Waals surface area contributed by atoms with E-state index >= 15 is 0 Å². The summed E-state index contributed by atoms with van der Waals surface area (Å²) in [5.74, 6) is 0.696. The van der Waals surface area contributed by atoms with E-state index in [4.69, 9.17) is 0 Å². The number of hydrogen-bond acceptors (Lipinski definition) is 6. The van der Waals surface area contributed by atoms with Crippen LogP contribution in [0, 0.1) is 5.95 Å². The second-order valence-electron chi connectivity index (χ2n) is 6.32. The van der Waals surface area contributed by atoms with Gasteiger partial charge in [-0.25, -0.2) is 19.9 Å². The first-order valence-electron chi connectivity index (χ1n) is 8.87. The molecule has 0 atom stereocenters. The number of benzene rings is 1. The second-order valence-corrected chi connectivity index (χ2v) is 6.32. The summed E-state index contributed by atoms with van der Waals surface area (Å²) < 4.78 is 13.3.